The smallest absolute Gasteiger partial charge is 0.272 e. The van der Waals surface area contributed by atoms with E-state index >= 15 is 0 Å². The number of carbonyl (C=O) groups excluding carboxylic acids is 1. The highest BCUT2D eigenvalue weighted by Gasteiger charge is 2.36. The van der Waals surface area contributed by atoms with Crippen molar-refractivity contribution in [3.8, 4) is 0 Å². The van der Waals surface area contributed by atoms with Crippen molar-refractivity contribution in [2.75, 3.05) is 19.7 Å². The fourth-order valence-electron chi connectivity index (χ4n) is 3.20. The molecule has 2 aliphatic heterocycles. The van der Waals surface area contributed by atoms with Crippen molar-refractivity contribution in [2.24, 2.45) is 0 Å². The topological polar surface area (TPSA) is 73.1 Å². The van der Waals surface area contributed by atoms with Crippen LogP contribution in [0.5, 0.6) is 0 Å². The molecule has 0 bridgehead atoms. The van der Waals surface area contributed by atoms with Gasteiger partial charge in [0.2, 0.25) is 0 Å². The van der Waals surface area contributed by atoms with E-state index in [0.29, 0.717) is 18.8 Å². The summed E-state index contributed by atoms with van der Waals surface area (Å²) in [5.41, 5.74) is 1.44. The molecule has 4 rings (SSSR count). The molecular formula is C16H19N5O2. The van der Waals surface area contributed by atoms with Crippen LogP contribution >= 0.6 is 0 Å². The van der Waals surface area contributed by atoms with E-state index in [9.17, 15) is 4.79 Å². The molecule has 0 radical (unpaired) electrons. The van der Waals surface area contributed by atoms with E-state index in [-0.39, 0.29) is 18.1 Å². The molecule has 0 aliphatic carbocycles. The standard InChI is InChI=1S/C16H19N5O2/c1-11-4-2-6-17-14(11)16(22)20-8-12(9-20)21-10-18-19-15(21)13-5-3-7-23-13/h2,4,6,10,12-13H,3,5,7-9H2,1H3. The van der Waals surface area contributed by atoms with Crippen LogP contribution in [-0.4, -0.2) is 50.3 Å². The fraction of sp³-hybridized carbons (Fsp3) is 0.500. The van der Waals surface area contributed by atoms with Gasteiger partial charge in [-0.15, -0.1) is 10.2 Å². The molecule has 1 atom stereocenters. The Balaban J connectivity index is 1.45. The lowest BCUT2D eigenvalue weighted by Crippen LogP contribution is -2.51. The van der Waals surface area contributed by atoms with Crippen LogP contribution in [0.15, 0.2) is 24.7 Å². The lowest BCUT2D eigenvalue weighted by Gasteiger charge is -2.40. The van der Waals surface area contributed by atoms with Gasteiger partial charge in [0, 0.05) is 25.9 Å². The number of nitrogens with zero attached hydrogens (tertiary/aromatic N) is 5. The maximum Gasteiger partial charge on any atom is 0.272 e. The number of amides is 1. The van der Waals surface area contributed by atoms with E-state index in [1.165, 1.54) is 0 Å². The lowest BCUT2D eigenvalue weighted by molar-refractivity contribution is 0.0477. The Morgan fingerprint density at radius 2 is 2.26 bits per heavy atom. The minimum absolute atomic E-state index is 0.00825. The summed E-state index contributed by atoms with van der Waals surface area (Å²) in [5.74, 6) is 0.875. The first kappa shape index (κ1) is 14.3. The highest BCUT2D eigenvalue weighted by atomic mass is 16.5. The Morgan fingerprint density at radius 3 is 3.00 bits per heavy atom. The number of pyridine rings is 1. The average Bonchev–Trinajstić information content (AvgIpc) is 3.16. The molecule has 0 saturated carbocycles. The molecule has 0 spiro atoms. The molecule has 1 amide bonds. The largest absolute Gasteiger partial charge is 0.370 e. The van der Waals surface area contributed by atoms with Gasteiger partial charge in [-0.25, -0.2) is 0 Å². The molecule has 23 heavy (non-hydrogen) atoms. The van der Waals surface area contributed by atoms with Gasteiger partial charge in [-0.05, 0) is 31.4 Å². The molecule has 2 aromatic rings. The van der Waals surface area contributed by atoms with Crippen molar-refractivity contribution in [1.29, 1.82) is 0 Å². The van der Waals surface area contributed by atoms with Crippen LogP contribution in [0, 0.1) is 6.92 Å². The van der Waals surface area contributed by atoms with Crippen LogP contribution < -0.4 is 0 Å². The van der Waals surface area contributed by atoms with E-state index in [2.05, 4.69) is 19.7 Å². The molecule has 2 fully saturated rings. The van der Waals surface area contributed by atoms with Gasteiger partial charge in [0.15, 0.2) is 5.82 Å². The maximum absolute atomic E-state index is 12.5. The van der Waals surface area contributed by atoms with E-state index in [1.807, 2.05) is 24.0 Å². The zero-order valence-electron chi connectivity index (χ0n) is 13.1. The number of carbonyl (C=O) groups is 1. The summed E-state index contributed by atoms with van der Waals surface area (Å²) >= 11 is 0. The second-order valence-electron chi connectivity index (χ2n) is 6.13. The maximum atomic E-state index is 12.5. The second-order valence-corrected chi connectivity index (χ2v) is 6.13. The number of aryl methyl sites for hydroxylation is 1. The first-order valence-electron chi connectivity index (χ1n) is 7.96. The predicted octanol–water partition coefficient (Wildman–Crippen LogP) is 1.53. The van der Waals surface area contributed by atoms with Gasteiger partial charge < -0.3 is 14.2 Å². The van der Waals surface area contributed by atoms with Crippen LogP contribution in [-0.2, 0) is 4.74 Å². The first-order chi connectivity index (χ1) is 11.2. The molecule has 120 valence electrons. The van der Waals surface area contributed by atoms with Crippen molar-refractivity contribution < 1.29 is 9.53 Å². The number of hydrogen-bond donors (Lipinski definition) is 0. The summed E-state index contributed by atoms with van der Waals surface area (Å²) in [7, 11) is 0. The molecule has 7 nitrogen and oxygen atoms in total. The minimum Gasteiger partial charge on any atom is -0.370 e. The molecule has 0 aromatic carbocycles. The van der Waals surface area contributed by atoms with Gasteiger partial charge in [-0.1, -0.05) is 6.07 Å². The number of likely N-dealkylation sites (tertiary alicyclic amines) is 1. The van der Waals surface area contributed by atoms with E-state index in [0.717, 1.165) is 30.8 Å². The van der Waals surface area contributed by atoms with Crippen molar-refractivity contribution >= 4 is 5.91 Å². The van der Waals surface area contributed by atoms with Crippen molar-refractivity contribution in [1.82, 2.24) is 24.6 Å². The van der Waals surface area contributed by atoms with E-state index in [4.69, 9.17) is 4.74 Å². The van der Waals surface area contributed by atoms with Gasteiger partial charge in [-0.3, -0.25) is 9.78 Å². The van der Waals surface area contributed by atoms with Crippen LogP contribution in [0.25, 0.3) is 0 Å². The quantitative estimate of drug-likeness (QED) is 0.859. The van der Waals surface area contributed by atoms with Gasteiger partial charge in [-0.2, -0.15) is 0 Å². The van der Waals surface area contributed by atoms with Crippen molar-refractivity contribution in [3.63, 3.8) is 0 Å². The number of ether oxygens (including phenoxy) is 1. The van der Waals surface area contributed by atoms with Gasteiger partial charge >= 0.3 is 0 Å². The van der Waals surface area contributed by atoms with Gasteiger partial charge in [0.05, 0.1) is 6.04 Å². The van der Waals surface area contributed by atoms with E-state index < -0.39 is 0 Å². The Labute approximate surface area is 134 Å². The normalized spacial score (nSPS) is 21.4. The first-order valence-corrected chi connectivity index (χ1v) is 7.96. The molecule has 7 heteroatoms. The lowest BCUT2D eigenvalue weighted by atomic mass is 10.1. The highest BCUT2D eigenvalue weighted by molar-refractivity contribution is 5.94. The molecule has 2 saturated heterocycles. The Morgan fingerprint density at radius 1 is 1.39 bits per heavy atom. The average molecular weight is 313 g/mol. The molecule has 0 N–H and O–H groups in total. The van der Waals surface area contributed by atoms with E-state index in [1.54, 1.807) is 12.5 Å². The van der Waals surface area contributed by atoms with Crippen LogP contribution in [0.3, 0.4) is 0 Å². The Bertz CT molecular complexity index is 717. The summed E-state index contributed by atoms with van der Waals surface area (Å²) in [6.07, 6.45) is 5.50. The summed E-state index contributed by atoms with van der Waals surface area (Å²) in [5, 5.41) is 8.24. The zero-order valence-corrected chi connectivity index (χ0v) is 13.1. The third kappa shape index (κ3) is 2.50. The highest BCUT2D eigenvalue weighted by Crippen LogP contribution is 2.31. The Kier molecular flexibility index (Phi) is 3.57. The summed E-state index contributed by atoms with van der Waals surface area (Å²) < 4.78 is 7.76. The molecule has 2 aromatic heterocycles. The van der Waals surface area contributed by atoms with Crippen LogP contribution in [0.4, 0.5) is 0 Å². The summed E-state index contributed by atoms with van der Waals surface area (Å²) in [6.45, 7) is 4.01. The summed E-state index contributed by atoms with van der Waals surface area (Å²) in [6, 6.07) is 3.97. The van der Waals surface area contributed by atoms with Gasteiger partial charge in [0.1, 0.15) is 18.1 Å². The van der Waals surface area contributed by atoms with Crippen LogP contribution in [0.2, 0.25) is 0 Å². The summed E-state index contributed by atoms with van der Waals surface area (Å²) in [4.78, 5) is 18.5. The van der Waals surface area contributed by atoms with Gasteiger partial charge in [0.25, 0.3) is 5.91 Å². The molecule has 1 unspecified atom stereocenters. The molecule has 2 aliphatic rings. The second kappa shape index (κ2) is 5.73. The predicted molar refractivity (Wildman–Crippen MR) is 81.9 cm³/mol. The zero-order chi connectivity index (χ0) is 15.8. The van der Waals surface area contributed by atoms with Crippen molar-refractivity contribution in [2.45, 2.75) is 31.9 Å². The molecular weight excluding hydrogens is 294 g/mol. The molecule has 4 heterocycles. The monoisotopic (exact) mass is 313 g/mol. The number of aromatic nitrogens is 4. The van der Waals surface area contributed by atoms with Crippen LogP contribution in [0.1, 0.15) is 46.9 Å². The Hall–Kier alpha value is -2.28. The third-order valence-electron chi connectivity index (χ3n) is 4.57. The number of rotatable bonds is 3. The minimum atomic E-state index is -0.00825. The SMILES string of the molecule is Cc1cccnc1C(=O)N1CC(n2cnnc2C2CCCO2)C1. The third-order valence-corrected chi connectivity index (χ3v) is 4.57. The number of hydrogen-bond acceptors (Lipinski definition) is 5. The van der Waals surface area contributed by atoms with Crippen molar-refractivity contribution in [3.05, 3.63) is 41.7 Å². The fourth-order valence-corrected chi connectivity index (χ4v) is 3.20.